The van der Waals surface area contributed by atoms with E-state index in [4.69, 9.17) is 9.47 Å². The van der Waals surface area contributed by atoms with Crippen molar-refractivity contribution >= 4 is 28.9 Å². The first-order chi connectivity index (χ1) is 14.0. The lowest BCUT2D eigenvalue weighted by molar-refractivity contribution is 0.101. The van der Waals surface area contributed by atoms with E-state index in [0.29, 0.717) is 34.1 Å². The van der Waals surface area contributed by atoms with E-state index in [9.17, 15) is 9.59 Å². The minimum Gasteiger partial charge on any atom is -0.493 e. The van der Waals surface area contributed by atoms with Crippen molar-refractivity contribution in [3.63, 3.8) is 0 Å². The summed E-state index contributed by atoms with van der Waals surface area (Å²) in [4.78, 5) is 28.3. The van der Waals surface area contributed by atoms with E-state index in [2.05, 4.69) is 15.6 Å². The highest BCUT2D eigenvalue weighted by atomic mass is 16.5. The van der Waals surface area contributed by atoms with Crippen LogP contribution in [-0.4, -0.2) is 30.9 Å². The normalized spacial score (nSPS) is 10.2. The molecule has 0 radical (unpaired) electrons. The van der Waals surface area contributed by atoms with Crippen LogP contribution in [0.1, 0.15) is 27.6 Å². The fourth-order valence-electron chi connectivity index (χ4n) is 2.69. The monoisotopic (exact) mass is 391 g/mol. The zero-order valence-corrected chi connectivity index (χ0v) is 16.4. The van der Waals surface area contributed by atoms with E-state index >= 15 is 0 Å². The molecule has 2 aromatic carbocycles. The number of hydrogen-bond acceptors (Lipinski definition) is 6. The van der Waals surface area contributed by atoms with Crippen molar-refractivity contribution in [3.8, 4) is 11.5 Å². The van der Waals surface area contributed by atoms with Crippen molar-refractivity contribution in [1.82, 2.24) is 4.98 Å². The maximum atomic E-state index is 12.5. The highest BCUT2D eigenvalue weighted by Gasteiger charge is 2.11. The van der Waals surface area contributed by atoms with E-state index in [1.54, 1.807) is 54.7 Å². The fourth-order valence-corrected chi connectivity index (χ4v) is 2.69. The number of nitrogens with zero attached hydrogens (tertiary/aromatic N) is 1. The Morgan fingerprint density at radius 3 is 2.31 bits per heavy atom. The Bertz CT molecular complexity index is 1030. The first-order valence-corrected chi connectivity index (χ1v) is 8.87. The smallest absolute Gasteiger partial charge is 0.255 e. The number of carbonyl (C=O) groups is 2. The van der Waals surface area contributed by atoms with Crippen LogP contribution < -0.4 is 20.1 Å². The molecule has 0 atom stereocenters. The van der Waals surface area contributed by atoms with Gasteiger partial charge in [0.05, 0.1) is 26.1 Å². The molecule has 3 aromatic rings. The average molecular weight is 391 g/mol. The number of rotatable bonds is 7. The Morgan fingerprint density at radius 1 is 0.862 bits per heavy atom. The van der Waals surface area contributed by atoms with Crippen LogP contribution in [0.25, 0.3) is 0 Å². The number of amides is 1. The van der Waals surface area contributed by atoms with Gasteiger partial charge in [-0.1, -0.05) is 12.1 Å². The van der Waals surface area contributed by atoms with Gasteiger partial charge >= 0.3 is 0 Å². The molecule has 1 heterocycles. The van der Waals surface area contributed by atoms with Gasteiger partial charge in [-0.2, -0.15) is 0 Å². The minimum atomic E-state index is -0.289. The van der Waals surface area contributed by atoms with Gasteiger partial charge in [-0.3, -0.25) is 9.59 Å². The third kappa shape index (κ3) is 4.90. The Morgan fingerprint density at radius 2 is 1.66 bits per heavy atom. The molecule has 148 valence electrons. The Hall–Kier alpha value is -3.87. The summed E-state index contributed by atoms with van der Waals surface area (Å²) in [6.45, 7) is 1.52. The molecule has 0 saturated heterocycles. The van der Waals surface area contributed by atoms with Crippen LogP contribution in [0.15, 0.2) is 60.8 Å². The molecular weight excluding hydrogens is 370 g/mol. The van der Waals surface area contributed by atoms with Crippen LogP contribution >= 0.6 is 0 Å². The molecule has 0 bridgehead atoms. The number of aromatic nitrogens is 1. The van der Waals surface area contributed by atoms with E-state index in [1.165, 1.54) is 21.1 Å². The van der Waals surface area contributed by atoms with Gasteiger partial charge in [-0.25, -0.2) is 4.98 Å². The van der Waals surface area contributed by atoms with Gasteiger partial charge in [0.25, 0.3) is 5.91 Å². The third-order valence-electron chi connectivity index (χ3n) is 4.21. The van der Waals surface area contributed by atoms with Crippen LogP contribution in [-0.2, 0) is 0 Å². The summed E-state index contributed by atoms with van der Waals surface area (Å²) in [5, 5.41) is 5.92. The Kier molecular flexibility index (Phi) is 6.09. The second-order valence-electron chi connectivity index (χ2n) is 6.22. The number of ether oxygens (including phenoxy) is 2. The summed E-state index contributed by atoms with van der Waals surface area (Å²) < 4.78 is 10.4. The molecule has 0 aliphatic carbocycles. The van der Waals surface area contributed by atoms with Gasteiger partial charge in [0.1, 0.15) is 5.82 Å². The number of methoxy groups -OCH3 is 2. The molecule has 0 unspecified atom stereocenters. The molecule has 0 aliphatic heterocycles. The van der Waals surface area contributed by atoms with Crippen molar-refractivity contribution in [2.75, 3.05) is 24.9 Å². The van der Waals surface area contributed by atoms with Crippen molar-refractivity contribution in [2.45, 2.75) is 6.92 Å². The van der Waals surface area contributed by atoms with E-state index in [1.807, 2.05) is 6.07 Å². The van der Waals surface area contributed by atoms with E-state index in [0.717, 1.165) is 5.69 Å². The predicted octanol–water partition coefficient (Wildman–Crippen LogP) is 4.30. The number of nitrogens with one attached hydrogen (secondary N) is 2. The summed E-state index contributed by atoms with van der Waals surface area (Å²) in [6, 6.07) is 15.6. The van der Waals surface area contributed by atoms with Crippen LogP contribution in [0, 0.1) is 0 Å². The minimum absolute atomic E-state index is 0.00479. The van der Waals surface area contributed by atoms with Crippen molar-refractivity contribution in [1.29, 1.82) is 0 Å². The maximum Gasteiger partial charge on any atom is 0.255 e. The number of benzene rings is 2. The average Bonchev–Trinajstić information content (AvgIpc) is 2.74. The first kappa shape index (κ1) is 19.9. The zero-order chi connectivity index (χ0) is 20.8. The summed E-state index contributed by atoms with van der Waals surface area (Å²) in [5.41, 5.74) is 2.36. The SMILES string of the molecule is COc1ccc(C(=O)Nc2ccc(Nc3cccc(C(C)=O)c3)nc2)cc1OC. The lowest BCUT2D eigenvalue weighted by Crippen LogP contribution is -2.12. The van der Waals surface area contributed by atoms with Gasteiger partial charge in [-0.15, -0.1) is 0 Å². The lowest BCUT2D eigenvalue weighted by atomic mass is 10.1. The molecule has 29 heavy (non-hydrogen) atoms. The highest BCUT2D eigenvalue weighted by Crippen LogP contribution is 2.28. The number of hydrogen-bond donors (Lipinski definition) is 2. The van der Waals surface area contributed by atoms with E-state index in [-0.39, 0.29) is 11.7 Å². The van der Waals surface area contributed by atoms with E-state index < -0.39 is 0 Å². The summed E-state index contributed by atoms with van der Waals surface area (Å²) in [6.07, 6.45) is 1.55. The molecule has 1 aromatic heterocycles. The number of ketones is 1. The lowest BCUT2D eigenvalue weighted by Gasteiger charge is -2.11. The molecule has 0 spiro atoms. The highest BCUT2D eigenvalue weighted by molar-refractivity contribution is 6.04. The Balaban J connectivity index is 1.68. The second-order valence-corrected chi connectivity index (χ2v) is 6.22. The Labute approximate surface area is 168 Å². The maximum absolute atomic E-state index is 12.5. The number of Topliss-reactive ketones (excluding diaryl/α,β-unsaturated/α-hetero) is 1. The van der Waals surface area contributed by atoms with Crippen LogP contribution in [0.2, 0.25) is 0 Å². The quantitative estimate of drug-likeness (QED) is 0.584. The topological polar surface area (TPSA) is 89.6 Å². The fraction of sp³-hybridized carbons (Fsp3) is 0.136. The van der Waals surface area contributed by atoms with Gasteiger partial charge in [0.2, 0.25) is 0 Å². The number of carbonyl (C=O) groups excluding carboxylic acids is 2. The predicted molar refractivity (Wildman–Crippen MR) is 111 cm³/mol. The van der Waals surface area contributed by atoms with Gasteiger partial charge in [0.15, 0.2) is 17.3 Å². The molecule has 1 amide bonds. The molecule has 2 N–H and O–H groups in total. The second kappa shape index (κ2) is 8.88. The summed E-state index contributed by atoms with van der Waals surface area (Å²) in [7, 11) is 3.05. The zero-order valence-electron chi connectivity index (χ0n) is 16.4. The van der Waals surface area contributed by atoms with Crippen LogP contribution in [0.3, 0.4) is 0 Å². The molecule has 0 fully saturated rings. The standard InChI is InChI=1S/C22H21N3O4/c1-14(26)15-5-4-6-17(11-15)24-21-10-8-18(13-23-21)25-22(27)16-7-9-19(28-2)20(12-16)29-3/h4-13H,1-3H3,(H,23,24)(H,25,27). The largest absolute Gasteiger partial charge is 0.493 e. The molecule has 7 heteroatoms. The van der Waals surface area contributed by atoms with Gasteiger partial charge in [-0.05, 0) is 49.4 Å². The summed E-state index contributed by atoms with van der Waals surface area (Å²) >= 11 is 0. The molecule has 7 nitrogen and oxygen atoms in total. The van der Waals surface area contributed by atoms with Crippen LogP contribution in [0.4, 0.5) is 17.2 Å². The van der Waals surface area contributed by atoms with Crippen molar-refractivity contribution < 1.29 is 19.1 Å². The number of pyridine rings is 1. The molecule has 0 saturated carbocycles. The third-order valence-corrected chi connectivity index (χ3v) is 4.21. The van der Waals surface area contributed by atoms with Crippen molar-refractivity contribution in [2.24, 2.45) is 0 Å². The van der Waals surface area contributed by atoms with Crippen LogP contribution in [0.5, 0.6) is 11.5 Å². The molecule has 0 aliphatic rings. The van der Waals surface area contributed by atoms with Gasteiger partial charge in [0, 0.05) is 16.8 Å². The molecule has 3 rings (SSSR count). The summed E-state index contributed by atoms with van der Waals surface area (Å²) in [5.74, 6) is 1.33. The molecular formula is C22H21N3O4. The number of anilines is 3. The van der Waals surface area contributed by atoms with Gasteiger partial charge < -0.3 is 20.1 Å². The first-order valence-electron chi connectivity index (χ1n) is 8.87. The van der Waals surface area contributed by atoms with Crippen molar-refractivity contribution in [3.05, 3.63) is 71.9 Å².